The Morgan fingerprint density at radius 1 is 1.69 bits per heavy atom. The van der Waals surface area contributed by atoms with Crippen molar-refractivity contribution in [1.82, 2.24) is 14.8 Å². The van der Waals surface area contributed by atoms with Gasteiger partial charge in [0.1, 0.15) is 0 Å². The van der Waals surface area contributed by atoms with E-state index in [-0.39, 0.29) is 0 Å². The minimum Gasteiger partial charge on any atom is -0.281 e. The second-order valence-corrected chi connectivity index (χ2v) is 5.29. The molecule has 86 valence electrons. The maximum Gasteiger partial charge on any atom is 0.251 e. The summed E-state index contributed by atoms with van der Waals surface area (Å²) in [6.07, 6.45) is 4.86. The van der Waals surface area contributed by atoms with Crippen molar-refractivity contribution >= 4 is 57.7 Å². The van der Waals surface area contributed by atoms with Crippen molar-refractivity contribution in [2.45, 2.75) is 6.42 Å². The molecule has 0 unspecified atom stereocenters. The molecule has 0 amide bonds. The van der Waals surface area contributed by atoms with Gasteiger partial charge in [-0.25, -0.2) is 9.84 Å². The third-order valence-corrected chi connectivity index (χ3v) is 3.31. The number of hydrogen-bond acceptors (Lipinski definition) is 5. The van der Waals surface area contributed by atoms with Gasteiger partial charge in [-0.3, -0.25) is 5.01 Å². The molecule has 0 radical (unpaired) electrons. The van der Waals surface area contributed by atoms with Gasteiger partial charge in [-0.2, -0.15) is 4.91 Å². The molecule has 1 heterocycles. The summed E-state index contributed by atoms with van der Waals surface area (Å²) in [6, 6.07) is 0. The number of hydrogen-bond donors (Lipinski definition) is 2. The average molecular weight is 292 g/mol. The molecule has 1 aliphatic heterocycles. The van der Waals surface area contributed by atoms with Gasteiger partial charge < -0.3 is 0 Å². The summed E-state index contributed by atoms with van der Waals surface area (Å²) >= 11 is 15.2. The zero-order valence-electron chi connectivity index (χ0n) is 7.98. The molecule has 0 bridgehead atoms. The Bertz CT molecular complexity index is 362. The molecule has 0 spiro atoms. The van der Waals surface area contributed by atoms with Gasteiger partial charge >= 0.3 is 0 Å². The Kier molecular flexibility index (Phi) is 5.71. The Morgan fingerprint density at radius 2 is 2.44 bits per heavy atom. The van der Waals surface area contributed by atoms with Gasteiger partial charge in [0.25, 0.3) is 4.32 Å². The summed E-state index contributed by atoms with van der Waals surface area (Å²) in [5.41, 5.74) is 10.5. The van der Waals surface area contributed by atoms with E-state index in [1.54, 1.807) is 4.41 Å². The summed E-state index contributed by atoms with van der Waals surface area (Å²) in [6.45, 7) is 0.817. The lowest BCUT2D eigenvalue weighted by atomic mass is 10.5. The first-order chi connectivity index (χ1) is 7.65. The predicted octanol–water partition coefficient (Wildman–Crippen LogP) is 2.39. The third-order valence-electron chi connectivity index (χ3n) is 1.55. The molecule has 0 aromatic carbocycles. The number of thiocarbonyl (C=S) groups is 2. The molecule has 0 fully saturated rings. The van der Waals surface area contributed by atoms with Crippen LogP contribution in [0.2, 0.25) is 0 Å². The maximum absolute atomic E-state index is 8.12. The van der Waals surface area contributed by atoms with E-state index in [0.717, 1.165) is 24.9 Å². The van der Waals surface area contributed by atoms with E-state index >= 15 is 0 Å². The van der Waals surface area contributed by atoms with E-state index < -0.39 is 0 Å². The first kappa shape index (κ1) is 13.4. The molecule has 1 N–H and O–H groups in total. The van der Waals surface area contributed by atoms with Crippen molar-refractivity contribution in [3.05, 3.63) is 22.7 Å². The second kappa shape index (κ2) is 6.81. The molecule has 0 aromatic rings. The van der Waals surface area contributed by atoms with Crippen LogP contribution in [0.3, 0.4) is 0 Å². The van der Waals surface area contributed by atoms with Crippen molar-refractivity contribution in [3.8, 4) is 0 Å². The predicted molar refractivity (Wildman–Crippen MR) is 76.4 cm³/mol. The fourth-order valence-corrected chi connectivity index (χ4v) is 2.26. The van der Waals surface area contributed by atoms with Crippen LogP contribution in [0.15, 0.2) is 17.5 Å². The van der Waals surface area contributed by atoms with Crippen LogP contribution in [-0.4, -0.2) is 24.6 Å². The van der Waals surface area contributed by atoms with Gasteiger partial charge in [-0.05, 0) is 23.9 Å². The first-order valence-electron chi connectivity index (χ1n) is 4.13. The second-order valence-electron chi connectivity index (χ2n) is 2.57. The van der Waals surface area contributed by atoms with E-state index in [2.05, 4.69) is 28.2 Å². The summed E-state index contributed by atoms with van der Waals surface area (Å²) in [5, 5.41) is 5.03. The number of hydrazine groups is 1. The van der Waals surface area contributed by atoms with E-state index in [4.69, 9.17) is 30.0 Å². The highest BCUT2D eigenvalue weighted by Gasteiger charge is 2.19. The van der Waals surface area contributed by atoms with Crippen LogP contribution in [0, 0.1) is 0 Å². The Balaban J connectivity index is 2.57. The summed E-state index contributed by atoms with van der Waals surface area (Å²) in [4.78, 5) is 2.54. The normalized spacial score (nSPS) is 13.2. The van der Waals surface area contributed by atoms with Crippen molar-refractivity contribution < 1.29 is 0 Å². The van der Waals surface area contributed by atoms with Crippen molar-refractivity contribution in [2.24, 2.45) is 5.22 Å². The molecule has 0 aromatic heterocycles. The molecular weight excluding hydrogens is 284 g/mol. The number of thiol groups is 1. The molecule has 1 rings (SSSR count). The van der Waals surface area contributed by atoms with Gasteiger partial charge in [-0.15, -0.1) is 18.2 Å². The molecule has 0 aliphatic carbocycles. The van der Waals surface area contributed by atoms with Crippen LogP contribution in [0.4, 0.5) is 0 Å². The molecule has 10 heteroatoms. The van der Waals surface area contributed by atoms with Crippen LogP contribution in [-0.2, 0) is 0 Å². The van der Waals surface area contributed by atoms with E-state index in [9.17, 15) is 0 Å². The smallest absolute Gasteiger partial charge is 0.251 e. The number of nitrogens with zero attached hydrogens (tertiary/aromatic N) is 5. The summed E-state index contributed by atoms with van der Waals surface area (Å²) < 4.78 is 2.32. The number of nitrogens with one attached hydrogen (secondary N) is 1. The monoisotopic (exact) mass is 292 g/mol. The lowest BCUT2D eigenvalue weighted by Gasteiger charge is -2.29. The third kappa shape index (κ3) is 4.06. The van der Waals surface area contributed by atoms with Crippen LogP contribution >= 0.6 is 49.0 Å². The van der Waals surface area contributed by atoms with E-state index in [1.807, 2.05) is 17.3 Å². The van der Waals surface area contributed by atoms with Crippen LogP contribution in [0.5, 0.6) is 0 Å². The topological polar surface area (TPSA) is 67.3 Å². The highest BCUT2D eigenvalue weighted by Crippen LogP contribution is 2.21. The highest BCUT2D eigenvalue weighted by molar-refractivity contribution is 8.23. The fourth-order valence-electron chi connectivity index (χ4n) is 0.992. The minimum atomic E-state index is 0.300. The van der Waals surface area contributed by atoms with Crippen molar-refractivity contribution in [1.29, 1.82) is 0 Å². The minimum absolute atomic E-state index is 0.300. The van der Waals surface area contributed by atoms with Crippen LogP contribution in [0.1, 0.15) is 6.42 Å². The largest absolute Gasteiger partial charge is 0.281 e. The number of rotatable bonds is 2. The van der Waals surface area contributed by atoms with Gasteiger partial charge in [0.2, 0.25) is 0 Å². The Labute approximate surface area is 113 Å². The molecule has 6 nitrogen and oxygen atoms in total. The average Bonchev–Trinajstić information content (AvgIpc) is 2.75. The lowest BCUT2D eigenvalue weighted by Crippen LogP contribution is -2.36. The van der Waals surface area contributed by atoms with Crippen molar-refractivity contribution in [3.63, 3.8) is 0 Å². The first-order valence-corrected chi connectivity index (χ1v) is 6.17. The quantitative estimate of drug-likeness (QED) is 0.155. The van der Waals surface area contributed by atoms with Crippen LogP contribution in [0.25, 0.3) is 10.4 Å². The van der Waals surface area contributed by atoms with Crippen LogP contribution < -0.4 is 5.43 Å². The summed E-state index contributed by atoms with van der Waals surface area (Å²) in [7, 11) is 0. The van der Waals surface area contributed by atoms with Gasteiger partial charge in [0.05, 0.1) is 11.9 Å². The molecule has 1 aliphatic rings. The van der Waals surface area contributed by atoms with E-state index in [1.165, 1.54) is 0 Å². The zero-order chi connectivity index (χ0) is 12.0. The Hall–Kier alpha value is -0.670. The zero-order valence-corrected chi connectivity index (χ0v) is 11.3. The highest BCUT2D eigenvalue weighted by atomic mass is 32.2. The van der Waals surface area contributed by atoms with Gasteiger partial charge in [0.15, 0.2) is 4.32 Å². The molecule has 0 atom stereocenters. The molecule has 0 saturated carbocycles. The van der Waals surface area contributed by atoms with Gasteiger partial charge in [0, 0.05) is 12.7 Å². The maximum atomic E-state index is 8.12. The van der Waals surface area contributed by atoms with Crippen molar-refractivity contribution in [2.75, 3.05) is 6.54 Å². The Morgan fingerprint density at radius 3 is 2.94 bits per heavy atom. The number of azide groups is 1. The molecule has 0 saturated heterocycles. The van der Waals surface area contributed by atoms with E-state index in [0.29, 0.717) is 8.64 Å². The lowest BCUT2D eigenvalue weighted by molar-refractivity contribution is 0.243. The molecule has 16 heavy (non-hydrogen) atoms. The summed E-state index contributed by atoms with van der Waals surface area (Å²) in [5.74, 6) is 0. The fraction of sp³-hybridized carbons (Fsp3) is 0.333. The SMILES string of the molecule is [N-]=[N+]=NNC(=S)SN(C(=S)S)N1C=CCC1. The molecular formula is C6H8N6S4. The van der Waals surface area contributed by atoms with Gasteiger partial charge in [-0.1, -0.05) is 18.3 Å². The standard InChI is InChI=1S/C6H8N6S4/c7-9-10-8-5(13)16-12(6(14)15)11-3-1-2-4-11/h1,3H,2,4H2,(H,8,13)(H,14,15).